The maximum atomic E-state index is 12.9. The topological polar surface area (TPSA) is 71.1 Å². The first-order valence-corrected chi connectivity index (χ1v) is 9.03. The predicted octanol–water partition coefficient (Wildman–Crippen LogP) is 3.63. The fourth-order valence-electron chi connectivity index (χ4n) is 2.18. The van der Waals surface area contributed by atoms with Crippen LogP contribution in [0.2, 0.25) is 0 Å². The second kappa shape index (κ2) is 7.31. The summed E-state index contributed by atoms with van der Waals surface area (Å²) < 4.78 is 39.8. The minimum Gasteiger partial charge on any atom is -0.366 e. The summed E-state index contributed by atoms with van der Waals surface area (Å²) in [7, 11) is -3.78. The fraction of sp³-hybridized carbons (Fsp3) is 0.0556. The first kappa shape index (κ1) is 16.9. The lowest BCUT2D eigenvalue weighted by Gasteiger charge is -2.09. The highest BCUT2D eigenvalue weighted by Crippen LogP contribution is 2.17. The maximum Gasteiger partial charge on any atom is 0.261 e. The predicted molar refractivity (Wildman–Crippen MR) is 95.2 cm³/mol. The summed E-state index contributed by atoms with van der Waals surface area (Å²) in [6.07, 6.45) is 1.42. The molecule has 2 N–H and O–H groups in total. The van der Waals surface area contributed by atoms with E-state index in [0.29, 0.717) is 18.1 Å². The molecule has 1 heterocycles. The molecule has 3 aromatic rings. The Kier molecular flexibility index (Phi) is 4.95. The molecule has 0 aliphatic heterocycles. The van der Waals surface area contributed by atoms with Crippen molar-refractivity contribution in [3.63, 3.8) is 0 Å². The molecule has 0 aliphatic carbocycles. The molecule has 0 unspecified atom stereocenters. The zero-order valence-corrected chi connectivity index (χ0v) is 14.0. The monoisotopic (exact) mass is 357 g/mol. The summed E-state index contributed by atoms with van der Waals surface area (Å²) >= 11 is 0. The Labute approximate surface area is 145 Å². The standard InChI is InChI=1S/C18H16FN3O2S/c19-15-6-9-17(10-7-15)25(23,24)22-16-8-11-18(21-13-16)20-12-14-4-2-1-3-5-14/h1-11,13,22H,12H2,(H,20,21). The number of hydrogen-bond donors (Lipinski definition) is 2. The van der Waals surface area contributed by atoms with Crippen molar-refractivity contribution in [2.75, 3.05) is 10.0 Å². The molecule has 0 saturated carbocycles. The van der Waals surface area contributed by atoms with Crippen LogP contribution in [0.25, 0.3) is 0 Å². The van der Waals surface area contributed by atoms with Gasteiger partial charge in [0, 0.05) is 6.54 Å². The molecule has 0 bridgehead atoms. The van der Waals surface area contributed by atoms with E-state index in [4.69, 9.17) is 0 Å². The summed E-state index contributed by atoms with van der Waals surface area (Å²) in [5.41, 5.74) is 1.44. The van der Waals surface area contributed by atoms with E-state index >= 15 is 0 Å². The van der Waals surface area contributed by atoms with Crippen LogP contribution in [0.5, 0.6) is 0 Å². The van der Waals surface area contributed by atoms with Crippen LogP contribution in [-0.2, 0) is 16.6 Å². The van der Waals surface area contributed by atoms with E-state index in [1.807, 2.05) is 30.3 Å². The molecule has 5 nitrogen and oxygen atoms in total. The van der Waals surface area contributed by atoms with Crippen LogP contribution in [0.3, 0.4) is 0 Å². The van der Waals surface area contributed by atoms with Gasteiger partial charge in [0.05, 0.1) is 16.8 Å². The fourth-order valence-corrected chi connectivity index (χ4v) is 3.22. The van der Waals surface area contributed by atoms with E-state index in [1.54, 1.807) is 12.1 Å². The number of nitrogens with one attached hydrogen (secondary N) is 2. The van der Waals surface area contributed by atoms with E-state index in [-0.39, 0.29) is 4.90 Å². The molecular weight excluding hydrogens is 341 g/mol. The first-order chi connectivity index (χ1) is 12.0. The van der Waals surface area contributed by atoms with Gasteiger partial charge in [0.15, 0.2) is 0 Å². The average Bonchev–Trinajstić information content (AvgIpc) is 2.62. The lowest BCUT2D eigenvalue weighted by molar-refractivity contribution is 0.599. The maximum absolute atomic E-state index is 12.9. The second-order valence-corrected chi connectivity index (χ2v) is 7.01. The molecule has 0 aliphatic rings. The second-order valence-electron chi connectivity index (χ2n) is 5.33. The number of benzene rings is 2. The van der Waals surface area contributed by atoms with Crippen LogP contribution >= 0.6 is 0 Å². The van der Waals surface area contributed by atoms with Crippen molar-refractivity contribution in [1.82, 2.24) is 4.98 Å². The number of pyridine rings is 1. The Hall–Kier alpha value is -2.93. The zero-order chi connectivity index (χ0) is 17.7. The number of anilines is 2. The smallest absolute Gasteiger partial charge is 0.261 e. The average molecular weight is 357 g/mol. The lowest BCUT2D eigenvalue weighted by atomic mass is 10.2. The largest absolute Gasteiger partial charge is 0.366 e. The summed E-state index contributed by atoms with van der Waals surface area (Å²) in [5, 5.41) is 3.16. The van der Waals surface area contributed by atoms with Crippen molar-refractivity contribution in [2.45, 2.75) is 11.4 Å². The molecule has 0 spiro atoms. The Morgan fingerprint density at radius 2 is 1.64 bits per heavy atom. The van der Waals surface area contributed by atoms with Crippen LogP contribution in [-0.4, -0.2) is 13.4 Å². The Morgan fingerprint density at radius 3 is 2.28 bits per heavy atom. The molecule has 0 atom stereocenters. The number of halogens is 1. The quantitative estimate of drug-likeness (QED) is 0.707. The number of sulfonamides is 1. The molecule has 0 fully saturated rings. The first-order valence-electron chi connectivity index (χ1n) is 7.55. The Balaban J connectivity index is 1.65. The number of rotatable bonds is 6. The van der Waals surface area contributed by atoms with Crippen molar-refractivity contribution >= 4 is 21.5 Å². The molecule has 1 aromatic heterocycles. The van der Waals surface area contributed by atoms with E-state index in [9.17, 15) is 12.8 Å². The summed E-state index contributed by atoms with van der Waals surface area (Å²) in [4.78, 5) is 4.17. The zero-order valence-electron chi connectivity index (χ0n) is 13.2. The summed E-state index contributed by atoms with van der Waals surface area (Å²) in [5.74, 6) is 0.142. The molecule has 25 heavy (non-hydrogen) atoms. The molecular formula is C18H16FN3O2S. The van der Waals surface area contributed by atoms with Crippen molar-refractivity contribution < 1.29 is 12.8 Å². The van der Waals surface area contributed by atoms with E-state index in [0.717, 1.165) is 17.7 Å². The van der Waals surface area contributed by atoms with E-state index in [2.05, 4.69) is 15.0 Å². The molecule has 2 aromatic carbocycles. The van der Waals surface area contributed by atoms with Gasteiger partial charge in [-0.15, -0.1) is 0 Å². The summed E-state index contributed by atoms with van der Waals surface area (Å²) in [6, 6.07) is 17.8. The third kappa shape index (κ3) is 4.54. The summed E-state index contributed by atoms with van der Waals surface area (Å²) in [6.45, 7) is 0.620. The van der Waals surface area contributed by atoms with Gasteiger partial charge in [0.25, 0.3) is 10.0 Å². The molecule has 0 saturated heterocycles. The van der Waals surface area contributed by atoms with Gasteiger partial charge < -0.3 is 5.32 Å². The van der Waals surface area contributed by atoms with Crippen LogP contribution in [0.1, 0.15) is 5.56 Å². The Bertz CT molecular complexity index is 928. The minimum absolute atomic E-state index is 0.0137. The van der Waals surface area contributed by atoms with Gasteiger partial charge in [-0.1, -0.05) is 30.3 Å². The van der Waals surface area contributed by atoms with Gasteiger partial charge in [-0.2, -0.15) is 0 Å². The molecule has 3 rings (SSSR count). The Morgan fingerprint density at radius 1 is 0.920 bits per heavy atom. The van der Waals surface area contributed by atoms with Crippen LogP contribution in [0, 0.1) is 5.82 Å². The van der Waals surface area contributed by atoms with E-state index in [1.165, 1.54) is 18.3 Å². The van der Waals surface area contributed by atoms with Crippen LogP contribution in [0.15, 0.2) is 77.8 Å². The number of aromatic nitrogens is 1. The van der Waals surface area contributed by atoms with Gasteiger partial charge in [0.1, 0.15) is 11.6 Å². The van der Waals surface area contributed by atoms with Crippen molar-refractivity contribution in [3.05, 3.63) is 84.3 Å². The van der Waals surface area contributed by atoms with Gasteiger partial charge >= 0.3 is 0 Å². The molecule has 128 valence electrons. The minimum atomic E-state index is -3.78. The molecule has 0 amide bonds. The van der Waals surface area contributed by atoms with Crippen molar-refractivity contribution in [2.24, 2.45) is 0 Å². The number of hydrogen-bond acceptors (Lipinski definition) is 4. The highest BCUT2D eigenvalue weighted by molar-refractivity contribution is 7.92. The van der Waals surface area contributed by atoms with Gasteiger partial charge in [-0.25, -0.2) is 17.8 Å². The SMILES string of the molecule is O=S(=O)(Nc1ccc(NCc2ccccc2)nc1)c1ccc(F)cc1. The van der Waals surface area contributed by atoms with E-state index < -0.39 is 15.8 Å². The van der Waals surface area contributed by atoms with Crippen LogP contribution in [0.4, 0.5) is 15.9 Å². The van der Waals surface area contributed by atoms with Crippen LogP contribution < -0.4 is 10.0 Å². The van der Waals surface area contributed by atoms with Crippen molar-refractivity contribution in [1.29, 1.82) is 0 Å². The highest BCUT2D eigenvalue weighted by Gasteiger charge is 2.14. The third-order valence-electron chi connectivity index (χ3n) is 3.46. The lowest BCUT2D eigenvalue weighted by Crippen LogP contribution is -2.13. The number of nitrogens with zero attached hydrogens (tertiary/aromatic N) is 1. The normalized spacial score (nSPS) is 11.1. The highest BCUT2D eigenvalue weighted by atomic mass is 32.2. The molecule has 7 heteroatoms. The third-order valence-corrected chi connectivity index (χ3v) is 4.85. The van der Waals surface area contributed by atoms with Gasteiger partial charge in [0.2, 0.25) is 0 Å². The van der Waals surface area contributed by atoms with Gasteiger partial charge in [-0.05, 0) is 42.0 Å². The van der Waals surface area contributed by atoms with Crippen molar-refractivity contribution in [3.8, 4) is 0 Å². The molecule has 0 radical (unpaired) electrons. The van der Waals surface area contributed by atoms with Gasteiger partial charge in [-0.3, -0.25) is 4.72 Å².